The minimum atomic E-state index is -1.38. The molecule has 1 unspecified atom stereocenters. The first-order valence-corrected chi connectivity index (χ1v) is 6.42. The van der Waals surface area contributed by atoms with E-state index in [9.17, 15) is 4.79 Å². The average Bonchev–Trinajstić information content (AvgIpc) is 1.64. The Morgan fingerprint density at radius 3 is 2.11 bits per heavy atom. The molecule has 2 radical (unpaired) electrons. The van der Waals surface area contributed by atoms with Gasteiger partial charge in [-0.05, 0) is 6.92 Å². The largest absolute Gasteiger partial charge is 0.458 e. The molecular weight excluding hydrogens is 132 g/mol. The van der Waals surface area contributed by atoms with Crippen LogP contribution in [0.2, 0.25) is 19.6 Å². The number of hydrogen-bond acceptors (Lipinski definition) is 2. The second-order valence-corrected chi connectivity index (χ2v) is 8.43. The Kier molecular flexibility index (Phi) is 2.90. The van der Waals surface area contributed by atoms with Gasteiger partial charge in [-0.2, -0.15) is 0 Å². The first-order chi connectivity index (χ1) is 3.98. The summed E-state index contributed by atoms with van der Waals surface area (Å²) >= 11 is 0. The Morgan fingerprint density at radius 2 is 2.00 bits per heavy atom. The summed E-state index contributed by atoms with van der Waals surface area (Å²) < 4.78 is 4.55. The summed E-state index contributed by atoms with van der Waals surface area (Å²) in [6.45, 7) is 11.3. The third kappa shape index (κ3) is 3.29. The molecule has 0 N–H and O–H groups in total. The van der Waals surface area contributed by atoms with Gasteiger partial charge in [-0.3, -0.25) is 0 Å². The summed E-state index contributed by atoms with van der Waals surface area (Å²) in [5.74, 6) is 0. The number of hydrogen-bond donors (Lipinski definition) is 0. The van der Waals surface area contributed by atoms with Crippen molar-refractivity contribution in [3.05, 3.63) is 6.92 Å². The number of carbonyl (C=O) groups excluding carboxylic acids is 1. The van der Waals surface area contributed by atoms with Crippen LogP contribution < -0.4 is 0 Å². The molecule has 3 heteroatoms. The summed E-state index contributed by atoms with van der Waals surface area (Å²) in [5, 5.41) is 0. The smallest absolute Gasteiger partial charge is 0.417 e. The van der Waals surface area contributed by atoms with Crippen molar-refractivity contribution in [3.63, 3.8) is 0 Å². The third-order valence-corrected chi connectivity index (χ3v) is 3.21. The Bertz CT molecular complexity index is 95.7. The van der Waals surface area contributed by atoms with E-state index in [1.165, 1.54) is 6.47 Å². The van der Waals surface area contributed by atoms with Crippen molar-refractivity contribution in [2.24, 2.45) is 0 Å². The topological polar surface area (TPSA) is 26.3 Å². The second kappa shape index (κ2) is 3.01. The van der Waals surface area contributed by atoms with Gasteiger partial charge in [0.15, 0.2) is 0 Å². The fourth-order valence-corrected chi connectivity index (χ4v) is 0.637. The highest BCUT2D eigenvalue weighted by Gasteiger charge is 2.23. The first-order valence-electron chi connectivity index (χ1n) is 2.84. The van der Waals surface area contributed by atoms with E-state index in [-0.39, 0.29) is 5.73 Å². The summed E-state index contributed by atoms with van der Waals surface area (Å²) in [5.41, 5.74) is -0.171. The zero-order valence-electron chi connectivity index (χ0n) is 6.10. The molecule has 0 aromatic rings. The van der Waals surface area contributed by atoms with E-state index in [1.807, 2.05) is 0 Å². The maximum absolute atomic E-state index is 9.70. The van der Waals surface area contributed by atoms with E-state index in [4.69, 9.17) is 0 Å². The zero-order valence-corrected chi connectivity index (χ0v) is 7.10. The van der Waals surface area contributed by atoms with Crippen LogP contribution in [0.25, 0.3) is 0 Å². The highest BCUT2D eigenvalue weighted by Crippen LogP contribution is 2.08. The van der Waals surface area contributed by atoms with Crippen molar-refractivity contribution in [1.29, 1.82) is 0 Å². The van der Waals surface area contributed by atoms with Crippen LogP contribution in [0.1, 0.15) is 0 Å². The molecule has 2 nitrogen and oxygen atoms in total. The van der Waals surface area contributed by atoms with Crippen molar-refractivity contribution in [2.75, 3.05) is 0 Å². The summed E-state index contributed by atoms with van der Waals surface area (Å²) in [7, 11) is -1.38. The van der Waals surface area contributed by atoms with Crippen LogP contribution in [0, 0.1) is 6.92 Å². The molecular formula is C6H12O2Si. The second-order valence-electron chi connectivity index (χ2n) is 3.06. The standard InChI is InChI=1S/C6H12O2Si/c1-6(8-5-7)9(2,3)4/h6H,1H2,2-4H3. The van der Waals surface area contributed by atoms with E-state index < -0.39 is 8.07 Å². The molecule has 0 bridgehead atoms. The van der Waals surface area contributed by atoms with E-state index in [2.05, 4.69) is 31.3 Å². The quantitative estimate of drug-likeness (QED) is 0.555. The van der Waals surface area contributed by atoms with Crippen LogP contribution in [0.4, 0.5) is 0 Å². The van der Waals surface area contributed by atoms with Crippen LogP contribution in [0.5, 0.6) is 0 Å². The van der Waals surface area contributed by atoms with Gasteiger partial charge in [0.05, 0.1) is 13.8 Å². The minimum absolute atomic E-state index is 0.171. The predicted molar refractivity (Wildman–Crippen MR) is 39.3 cm³/mol. The summed E-state index contributed by atoms with van der Waals surface area (Å²) in [6, 6.07) is 0. The van der Waals surface area contributed by atoms with Crippen LogP contribution in [0.15, 0.2) is 0 Å². The molecule has 0 heterocycles. The van der Waals surface area contributed by atoms with Crippen LogP contribution in [0.3, 0.4) is 0 Å². The van der Waals surface area contributed by atoms with Crippen LogP contribution in [-0.2, 0) is 9.53 Å². The number of ether oxygens (including phenoxy) is 1. The fourth-order valence-electron chi connectivity index (χ4n) is 0.235. The highest BCUT2D eigenvalue weighted by molar-refractivity contribution is 6.77. The van der Waals surface area contributed by atoms with Crippen molar-refractivity contribution >= 4 is 14.5 Å². The molecule has 52 valence electrons. The molecule has 0 saturated heterocycles. The SMILES string of the molecule is [CH2]C(O[C]=O)[Si](C)(C)C. The molecule has 0 rings (SSSR count). The van der Waals surface area contributed by atoms with Crippen LogP contribution in [-0.4, -0.2) is 20.3 Å². The van der Waals surface area contributed by atoms with Gasteiger partial charge in [-0.15, -0.1) is 0 Å². The Morgan fingerprint density at radius 1 is 1.56 bits per heavy atom. The van der Waals surface area contributed by atoms with Gasteiger partial charge >= 0.3 is 6.47 Å². The van der Waals surface area contributed by atoms with Gasteiger partial charge in [-0.25, -0.2) is 4.79 Å². The van der Waals surface area contributed by atoms with Gasteiger partial charge in [0, 0.05) is 0 Å². The van der Waals surface area contributed by atoms with E-state index in [1.54, 1.807) is 0 Å². The lowest BCUT2D eigenvalue weighted by Crippen LogP contribution is -2.37. The molecule has 0 aliphatic heterocycles. The monoisotopic (exact) mass is 144 g/mol. The maximum atomic E-state index is 9.70. The van der Waals surface area contributed by atoms with Crippen molar-refractivity contribution < 1.29 is 9.53 Å². The predicted octanol–water partition coefficient (Wildman–Crippen LogP) is 1.15. The van der Waals surface area contributed by atoms with Crippen molar-refractivity contribution in [1.82, 2.24) is 0 Å². The molecule has 0 fully saturated rings. The van der Waals surface area contributed by atoms with Gasteiger partial charge in [0.1, 0.15) is 0 Å². The zero-order chi connectivity index (χ0) is 7.49. The van der Waals surface area contributed by atoms with E-state index in [0.29, 0.717) is 0 Å². The lowest BCUT2D eigenvalue weighted by atomic mass is 10.8. The van der Waals surface area contributed by atoms with Crippen LogP contribution >= 0.6 is 0 Å². The molecule has 0 saturated carbocycles. The molecule has 1 atom stereocenters. The molecule has 0 aliphatic carbocycles. The Balaban J connectivity index is 3.72. The van der Waals surface area contributed by atoms with E-state index >= 15 is 0 Å². The lowest BCUT2D eigenvalue weighted by Gasteiger charge is -2.21. The average molecular weight is 144 g/mol. The Hall–Kier alpha value is -0.313. The molecule has 9 heavy (non-hydrogen) atoms. The molecule has 0 aliphatic rings. The van der Waals surface area contributed by atoms with Crippen molar-refractivity contribution in [2.45, 2.75) is 25.4 Å². The summed E-state index contributed by atoms with van der Waals surface area (Å²) in [6.07, 6.45) is 0. The first kappa shape index (κ1) is 8.69. The summed E-state index contributed by atoms with van der Waals surface area (Å²) in [4.78, 5) is 9.70. The molecule has 0 aromatic carbocycles. The van der Waals surface area contributed by atoms with E-state index in [0.717, 1.165) is 0 Å². The fraction of sp³-hybridized carbons (Fsp3) is 0.667. The van der Waals surface area contributed by atoms with Gasteiger partial charge in [0.25, 0.3) is 0 Å². The van der Waals surface area contributed by atoms with Gasteiger partial charge in [0.2, 0.25) is 0 Å². The Labute approximate surface area is 57.2 Å². The maximum Gasteiger partial charge on any atom is 0.417 e. The van der Waals surface area contributed by atoms with Gasteiger partial charge in [-0.1, -0.05) is 19.6 Å². The third-order valence-electron chi connectivity index (χ3n) is 1.16. The van der Waals surface area contributed by atoms with Crippen molar-refractivity contribution in [3.8, 4) is 0 Å². The highest BCUT2D eigenvalue weighted by atomic mass is 28.3. The normalized spacial score (nSPS) is 14.7. The number of rotatable bonds is 3. The molecule has 0 spiro atoms. The molecule has 0 aromatic heterocycles. The minimum Gasteiger partial charge on any atom is -0.458 e. The molecule has 0 amide bonds. The lowest BCUT2D eigenvalue weighted by molar-refractivity contribution is 0.273. The van der Waals surface area contributed by atoms with Gasteiger partial charge < -0.3 is 4.74 Å².